The quantitative estimate of drug-likeness (QED) is 0.187. The van der Waals surface area contributed by atoms with E-state index in [1.165, 1.54) is 38.1 Å². The average Bonchev–Trinajstić information content (AvgIpc) is 3.50. The molecular weight excluding hydrogens is 585 g/mol. The summed E-state index contributed by atoms with van der Waals surface area (Å²) in [6.45, 7) is 0. The standard InChI is InChI=1S/C44H30N4/c1-2-14-38-32(10-1)11-8-19-41(38)47(36-26-22-33(23-27-36)44-45-28-9-29-46-44)35-24-20-31(21-25-35)34-12-7-13-37(30-34)48-42-17-5-3-15-39(42)40-16-4-6-18-43(40)48/h1-30H. The summed E-state index contributed by atoms with van der Waals surface area (Å²) < 4.78 is 2.37. The van der Waals surface area contributed by atoms with Crippen molar-refractivity contribution in [3.8, 4) is 28.2 Å². The summed E-state index contributed by atoms with van der Waals surface area (Å²) in [5.74, 6) is 0.716. The van der Waals surface area contributed by atoms with Crippen LogP contribution in [-0.4, -0.2) is 14.5 Å². The molecule has 0 aliphatic rings. The van der Waals surface area contributed by atoms with Crippen LogP contribution in [0.3, 0.4) is 0 Å². The van der Waals surface area contributed by atoms with E-state index >= 15 is 0 Å². The molecule has 2 heterocycles. The van der Waals surface area contributed by atoms with Crippen LogP contribution in [0, 0.1) is 0 Å². The predicted molar refractivity (Wildman–Crippen MR) is 199 cm³/mol. The van der Waals surface area contributed by atoms with Crippen LogP contribution in [0.4, 0.5) is 17.1 Å². The second-order valence-corrected chi connectivity index (χ2v) is 11.9. The van der Waals surface area contributed by atoms with Crippen molar-refractivity contribution >= 4 is 49.6 Å². The Hall–Kier alpha value is -6.52. The lowest BCUT2D eigenvalue weighted by molar-refractivity contribution is 1.17. The Morgan fingerprint density at radius 1 is 0.417 bits per heavy atom. The van der Waals surface area contributed by atoms with Gasteiger partial charge in [-0.1, -0.05) is 97.1 Å². The highest BCUT2D eigenvalue weighted by Crippen LogP contribution is 2.40. The lowest BCUT2D eigenvalue weighted by Crippen LogP contribution is -2.10. The minimum Gasteiger partial charge on any atom is -0.310 e. The number of aromatic nitrogens is 3. The molecule has 226 valence electrons. The maximum Gasteiger partial charge on any atom is 0.159 e. The summed E-state index contributed by atoms with van der Waals surface area (Å²) in [6, 6.07) is 60.4. The van der Waals surface area contributed by atoms with Crippen LogP contribution in [-0.2, 0) is 0 Å². The first-order valence-electron chi connectivity index (χ1n) is 16.2. The van der Waals surface area contributed by atoms with Crippen molar-refractivity contribution in [1.82, 2.24) is 14.5 Å². The molecule has 0 N–H and O–H groups in total. The predicted octanol–water partition coefficient (Wildman–Crippen LogP) is 11.5. The second-order valence-electron chi connectivity index (χ2n) is 11.9. The summed E-state index contributed by atoms with van der Waals surface area (Å²) in [7, 11) is 0. The fraction of sp³-hybridized carbons (Fsp3) is 0. The van der Waals surface area contributed by atoms with Crippen LogP contribution >= 0.6 is 0 Å². The fourth-order valence-electron chi connectivity index (χ4n) is 6.87. The van der Waals surface area contributed by atoms with Crippen molar-refractivity contribution in [2.45, 2.75) is 0 Å². The number of anilines is 3. The van der Waals surface area contributed by atoms with Gasteiger partial charge in [0.05, 0.1) is 16.7 Å². The number of nitrogens with zero attached hydrogens (tertiary/aromatic N) is 4. The van der Waals surface area contributed by atoms with E-state index < -0.39 is 0 Å². The number of para-hydroxylation sites is 2. The average molecular weight is 615 g/mol. The molecule has 0 bridgehead atoms. The zero-order valence-electron chi connectivity index (χ0n) is 26.1. The molecule has 2 aromatic heterocycles. The van der Waals surface area contributed by atoms with Gasteiger partial charge in [-0.3, -0.25) is 0 Å². The first-order valence-corrected chi connectivity index (χ1v) is 16.2. The van der Waals surface area contributed by atoms with Gasteiger partial charge in [0.15, 0.2) is 5.82 Å². The molecule has 9 aromatic rings. The minimum atomic E-state index is 0.716. The van der Waals surface area contributed by atoms with Crippen LogP contribution in [0.15, 0.2) is 182 Å². The largest absolute Gasteiger partial charge is 0.310 e. The van der Waals surface area contributed by atoms with Crippen LogP contribution < -0.4 is 4.90 Å². The molecule has 0 atom stereocenters. The highest BCUT2D eigenvalue weighted by Gasteiger charge is 2.17. The van der Waals surface area contributed by atoms with Crippen LogP contribution in [0.5, 0.6) is 0 Å². The van der Waals surface area contributed by atoms with Gasteiger partial charge in [0.2, 0.25) is 0 Å². The second kappa shape index (κ2) is 11.7. The van der Waals surface area contributed by atoms with Crippen molar-refractivity contribution in [2.24, 2.45) is 0 Å². The Morgan fingerprint density at radius 2 is 0.979 bits per heavy atom. The topological polar surface area (TPSA) is 34.0 Å². The lowest BCUT2D eigenvalue weighted by atomic mass is 10.0. The third-order valence-corrected chi connectivity index (χ3v) is 9.10. The van der Waals surface area contributed by atoms with Gasteiger partial charge in [-0.2, -0.15) is 0 Å². The van der Waals surface area contributed by atoms with E-state index in [9.17, 15) is 0 Å². The van der Waals surface area contributed by atoms with Gasteiger partial charge < -0.3 is 9.47 Å². The van der Waals surface area contributed by atoms with Gasteiger partial charge >= 0.3 is 0 Å². The van der Waals surface area contributed by atoms with Gasteiger partial charge in [-0.25, -0.2) is 9.97 Å². The molecule has 0 radical (unpaired) electrons. The van der Waals surface area contributed by atoms with Gasteiger partial charge in [0, 0.05) is 51.2 Å². The Balaban J connectivity index is 1.13. The van der Waals surface area contributed by atoms with E-state index in [4.69, 9.17) is 0 Å². The monoisotopic (exact) mass is 614 g/mol. The van der Waals surface area contributed by atoms with Crippen LogP contribution in [0.1, 0.15) is 0 Å². The Morgan fingerprint density at radius 3 is 1.67 bits per heavy atom. The highest BCUT2D eigenvalue weighted by atomic mass is 15.1. The molecule has 0 amide bonds. The van der Waals surface area contributed by atoms with Crippen molar-refractivity contribution in [3.05, 3.63) is 182 Å². The number of benzene rings is 7. The minimum absolute atomic E-state index is 0.716. The molecule has 0 fully saturated rings. The van der Waals surface area contributed by atoms with Gasteiger partial charge in [-0.15, -0.1) is 0 Å². The summed E-state index contributed by atoms with van der Waals surface area (Å²) in [4.78, 5) is 11.2. The highest BCUT2D eigenvalue weighted by molar-refractivity contribution is 6.09. The summed E-state index contributed by atoms with van der Waals surface area (Å²) in [5, 5.41) is 4.92. The van der Waals surface area contributed by atoms with Gasteiger partial charge in [-0.05, 0) is 89.3 Å². The van der Waals surface area contributed by atoms with E-state index in [-0.39, 0.29) is 0 Å². The molecule has 4 heteroatoms. The number of hydrogen-bond acceptors (Lipinski definition) is 3. The number of hydrogen-bond donors (Lipinski definition) is 0. The van der Waals surface area contributed by atoms with Crippen molar-refractivity contribution in [1.29, 1.82) is 0 Å². The first-order chi connectivity index (χ1) is 23.8. The Bertz CT molecular complexity index is 2490. The van der Waals surface area contributed by atoms with E-state index in [0.29, 0.717) is 5.82 Å². The molecule has 0 saturated carbocycles. The summed E-state index contributed by atoms with van der Waals surface area (Å²) in [5.41, 5.74) is 10.1. The van der Waals surface area contributed by atoms with Gasteiger partial charge in [0.25, 0.3) is 0 Å². The summed E-state index contributed by atoms with van der Waals surface area (Å²) in [6.07, 6.45) is 3.55. The SMILES string of the molecule is c1cnc(-c2ccc(N(c3ccc(-c4cccc(-n5c6ccccc6c6ccccc65)c4)cc3)c3cccc4ccccc34)cc2)nc1. The molecular formula is C44H30N4. The molecule has 4 nitrogen and oxygen atoms in total. The third kappa shape index (κ3) is 4.79. The maximum atomic E-state index is 4.45. The van der Waals surface area contributed by atoms with Crippen LogP contribution in [0.25, 0.3) is 60.8 Å². The maximum absolute atomic E-state index is 4.45. The van der Waals surface area contributed by atoms with Crippen molar-refractivity contribution in [3.63, 3.8) is 0 Å². The van der Waals surface area contributed by atoms with Gasteiger partial charge in [0.1, 0.15) is 0 Å². The summed E-state index contributed by atoms with van der Waals surface area (Å²) >= 11 is 0. The van der Waals surface area contributed by atoms with Crippen molar-refractivity contribution < 1.29 is 0 Å². The van der Waals surface area contributed by atoms with Crippen molar-refractivity contribution in [2.75, 3.05) is 4.90 Å². The molecule has 0 aliphatic heterocycles. The van der Waals surface area contributed by atoms with E-state index in [0.717, 1.165) is 33.9 Å². The normalized spacial score (nSPS) is 11.3. The Labute approximate surface area is 278 Å². The lowest BCUT2D eigenvalue weighted by Gasteiger charge is -2.27. The number of rotatable bonds is 6. The fourth-order valence-corrected chi connectivity index (χ4v) is 6.87. The zero-order valence-corrected chi connectivity index (χ0v) is 26.1. The molecule has 9 rings (SSSR count). The molecule has 48 heavy (non-hydrogen) atoms. The molecule has 0 aliphatic carbocycles. The van der Waals surface area contributed by atoms with Crippen LogP contribution in [0.2, 0.25) is 0 Å². The Kier molecular flexibility index (Phi) is 6.76. The molecule has 0 saturated heterocycles. The molecule has 0 spiro atoms. The molecule has 7 aromatic carbocycles. The number of fused-ring (bicyclic) bond motifs is 4. The van der Waals surface area contributed by atoms with E-state index in [2.05, 4.69) is 183 Å². The molecule has 0 unspecified atom stereocenters. The smallest absolute Gasteiger partial charge is 0.159 e. The zero-order chi connectivity index (χ0) is 31.9. The van der Waals surface area contributed by atoms with E-state index in [1.54, 1.807) is 12.4 Å². The van der Waals surface area contributed by atoms with E-state index in [1.807, 2.05) is 6.07 Å². The third-order valence-electron chi connectivity index (χ3n) is 9.10. The first kappa shape index (κ1) is 27.8.